The fourth-order valence-electron chi connectivity index (χ4n) is 4.77. The lowest BCUT2D eigenvalue weighted by Gasteiger charge is -2.23. The van der Waals surface area contributed by atoms with Crippen molar-refractivity contribution in [3.05, 3.63) is 63.3 Å². The predicted molar refractivity (Wildman–Crippen MR) is 145 cm³/mol. The van der Waals surface area contributed by atoms with Crippen molar-refractivity contribution in [2.24, 2.45) is 0 Å². The van der Waals surface area contributed by atoms with Crippen molar-refractivity contribution in [1.82, 2.24) is 20.5 Å². The van der Waals surface area contributed by atoms with Gasteiger partial charge in [-0.2, -0.15) is 18.3 Å². The van der Waals surface area contributed by atoms with Crippen LogP contribution in [0.5, 0.6) is 0 Å². The zero-order valence-corrected chi connectivity index (χ0v) is 22.4. The monoisotopic (exact) mass is 529 g/mol. The van der Waals surface area contributed by atoms with Gasteiger partial charge in [0.1, 0.15) is 11.4 Å². The van der Waals surface area contributed by atoms with E-state index < -0.39 is 17.3 Å². The van der Waals surface area contributed by atoms with Crippen LogP contribution in [-0.4, -0.2) is 28.3 Å². The molecule has 1 aliphatic rings. The molecule has 0 bridgehead atoms. The highest BCUT2D eigenvalue weighted by molar-refractivity contribution is 5.43. The second-order valence-corrected chi connectivity index (χ2v) is 9.74. The highest BCUT2D eigenvalue weighted by atomic mass is 19.4. The first-order valence-electron chi connectivity index (χ1n) is 13.6. The molecule has 2 N–H and O–H groups in total. The maximum atomic E-state index is 13.3. The molecule has 3 rings (SSSR count). The summed E-state index contributed by atoms with van der Waals surface area (Å²) in [4.78, 5) is 18.6. The number of unbranched alkanes of at least 4 members (excludes halogenated alkanes) is 4. The van der Waals surface area contributed by atoms with E-state index in [0.29, 0.717) is 6.42 Å². The number of pyridine rings is 1. The molecule has 0 saturated heterocycles. The van der Waals surface area contributed by atoms with Gasteiger partial charge in [0.15, 0.2) is 0 Å². The van der Waals surface area contributed by atoms with E-state index in [4.69, 9.17) is 0 Å². The number of H-pyrrole nitrogens is 1. The lowest BCUT2D eigenvalue weighted by molar-refractivity contribution is -0.139. The Balaban J connectivity index is 1.41. The first-order chi connectivity index (χ1) is 18.2. The Morgan fingerprint density at radius 1 is 1.18 bits per heavy atom. The van der Waals surface area contributed by atoms with E-state index in [2.05, 4.69) is 52.6 Å². The van der Waals surface area contributed by atoms with Crippen LogP contribution >= 0.6 is 0 Å². The number of fused-ring (bicyclic) bond motifs is 1. The van der Waals surface area contributed by atoms with Gasteiger partial charge in [-0.05, 0) is 62.6 Å². The molecule has 0 amide bonds. The van der Waals surface area contributed by atoms with Gasteiger partial charge in [0.05, 0.1) is 11.7 Å². The highest BCUT2D eigenvalue weighted by Gasteiger charge is 2.41. The summed E-state index contributed by atoms with van der Waals surface area (Å²) >= 11 is 0. The topological polar surface area (TPSA) is 73.9 Å². The molecule has 0 aromatic carbocycles. The third-order valence-electron chi connectivity index (χ3n) is 6.62. The van der Waals surface area contributed by atoms with Crippen LogP contribution in [0.2, 0.25) is 0 Å². The Bertz CT molecular complexity index is 1180. The zero-order valence-electron chi connectivity index (χ0n) is 22.4. The summed E-state index contributed by atoms with van der Waals surface area (Å²) in [6, 6.07) is 3.71. The summed E-state index contributed by atoms with van der Waals surface area (Å²) in [6.45, 7) is 10.2. The van der Waals surface area contributed by atoms with Gasteiger partial charge in [-0.3, -0.25) is 4.79 Å². The molecule has 2 heterocycles. The van der Waals surface area contributed by atoms with E-state index in [1.165, 1.54) is 0 Å². The van der Waals surface area contributed by atoms with Crippen LogP contribution in [0.1, 0.15) is 100 Å². The Morgan fingerprint density at radius 2 is 1.97 bits per heavy atom. The number of allylic oxidation sites excluding steroid dienone is 1. The van der Waals surface area contributed by atoms with E-state index in [1.54, 1.807) is 0 Å². The van der Waals surface area contributed by atoms with Crippen molar-refractivity contribution in [1.29, 1.82) is 0 Å². The van der Waals surface area contributed by atoms with Gasteiger partial charge in [0.25, 0.3) is 5.56 Å². The Morgan fingerprint density at radius 3 is 2.66 bits per heavy atom. The largest absolute Gasteiger partial charge is 0.422 e. The van der Waals surface area contributed by atoms with Crippen molar-refractivity contribution < 1.29 is 13.2 Å². The molecule has 1 aliphatic carbocycles. The minimum atomic E-state index is -4.69. The average Bonchev–Trinajstić information content (AvgIpc) is 3.27. The molecular formula is C29H38F3N5O. The van der Waals surface area contributed by atoms with Gasteiger partial charge >= 0.3 is 6.18 Å². The summed E-state index contributed by atoms with van der Waals surface area (Å²) in [5.41, 5.74) is -0.318. The minimum absolute atomic E-state index is 0.00302. The molecule has 2 aromatic heterocycles. The number of nitrogens with one attached hydrogen (secondary N) is 2. The zero-order chi connectivity index (χ0) is 27.5. The summed E-state index contributed by atoms with van der Waals surface area (Å²) < 4.78 is 40.0. The Labute approximate surface area is 223 Å². The normalized spacial score (nSPS) is 14.5. The summed E-state index contributed by atoms with van der Waals surface area (Å²) in [6.07, 6.45) is 5.59. The van der Waals surface area contributed by atoms with Crippen LogP contribution in [0.25, 0.3) is 0 Å². The Kier molecular flexibility index (Phi) is 10.8. The molecule has 0 spiro atoms. The van der Waals surface area contributed by atoms with Crippen LogP contribution in [0.3, 0.4) is 0 Å². The molecule has 38 heavy (non-hydrogen) atoms. The number of hydrogen-bond acceptors (Lipinski definition) is 5. The summed E-state index contributed by atoms with van der Waals surface area (Å²) in [5.74, 6) is 7.28. The van der Waals surface area contributed by atoms with E-state index in [-0.39, 0.29) is 23.7 Å². The van der Waals surface area contributed by atoms with Crippen LogP contribution in [0, 0.1) is 11.8 Å². The fourth-order valence-corrected chi connectivity index (χ4v) is 4.77. The molecule has 1 atom stereocenters. The van der Waals surface area contributed by atoms with Gasteiger partial charge in [0.2, 0.25) is 0 Å². The molecule has 2 aromatic rings. The molecule has 6 nitrogen and oxygen atoms in total. The van der Waals surface area contributed by atoms with Crippen molar-refractivity contribution in [3.63, 3.8) is 0 Å². The molecular weight excluding hydrogens is 491 g/mol. The van der Waals surface area contributed by atoms with E-state index in [9.17, 15) is 18.0 Å². The van der Waals surface area contributed by atoms with E-state index in [0.717, 1.165) is 81.5 Å². The van der Waals surface area contributed by atoms with Crippen molar-refractivity contribution in [2.75, 3.05) is 18.0 Å². The number of hydrogen-bond donors (Lipinski definition) is 2. The van der Waals surface area contributed by atoms with Gasteiger partial charge < -0.3 is 10.2 Å². The van der Waals surface area contributed by atoms with Crippen molar-refractivity contribution >= 4 is 5.82 Å². The standard InChI is InChI=1S/C29H38F3N5O/c1-4-6-9-13-22-14-17-25(33-20-22)37(18-5-2)19-11-8-7-10-12-21(3)34-24-16-15-23-26(29(30,31)32)28(38)36-35-27(23)24/h14,17,20,24,34H,3-8,10-12,15-16,18-19H2,1-2H3,(H,36,38). The smallest absolute Gasteiger partial charge is 0.380 e. The molecule has 0 radical (unpaired) electrons. The minimum Gasteiger partial charge on any atom is -0.380 e. The van der Waals surface area contributed by atoms with E-state index >= 15 is 0 Å². The SMILES string of the molecule is C=C(CCCCCCN(CCC)c1ccc(C#CCCC)cn1)NC1CCc2c1n[nH]c(=O)c2C(F)(F)F. The number of nitrogens with zero attached hydrogens (tertiary/aromatic N) is 3. The van der Waals surface area contributed by atoms with Gasteiger partial charge in [-0.15, -0.1) is 0 Å². The summed E-state index contributed by atoms with van der Waals surface area (Å²) in [7, 11) is 0. The second kappa shape index (κ2) is 14.0. The number of alkyl halides is 3. The number of aromatic amines is 1. The second-order valence-electron chi connectivity index (χ2n) is 9.74. The average molecular weight is 530 g/mol. The lowest BCUT2D eigenvalue weighted by atomic mass is 10.1. The number of anilines is 1. The first-order valence-corrected chi connectivity index (χ1v) is 13.6. The third-order valence-corrected chi connectivity index (χ3v) is 6.62. The van der Waals surface area contributed by atoms with Crippen LogP contribution < -0.4 is 15.8 Å². The van der Waals surface area contributed by atoms with Crippen LogP contribution in [0.15, 0.2) is 35.4 Å². The van der Waals surface area contributed by atoms with Crippen LogP contribution in [0.4, 0.5) is 19.0 Å². The van der Waals surface area contributed by atoms with Crippen LogP contribution in [-0.2, 0) is 12.6 Å². The molecule has 0 aliphatic heterocycles. The third kappa shape index (κ3) is 8.11. The quantitative estimate of drug-likeness (QED) is 0.236. The molecule has 1 unspecified atom stereocenters. The fraction of sp³-hybridized carbons (Fsp3) is 0.552. The summed E-state index contributed by atoms with van der Waals surface area (Å²) in [5, 5.41) is 9.15. The van der Waals surface area contributed by atoms with Gasteiger partial charge in [-0.25, -0.2) is 10.1 Å². The van der Waals surface area contributed by atoms with Gasteiger partial charge in [0, 0.05) is 37.0 Å². The van der Waals surface area contributed by atoms with Gasteiger partial charge in [-0.1, -0.05) is 45.1 Å². The highest BCUT2D eigenvalue weighted by Crippen LogP contribution is 2.37. The molecule has 0 saturated carbocycles. The Hall–Kier alpha value is -3.28. The van der Waals surface area contributed by atoms with Crippen molar-refractivity contribution in [3.8, 4) is 11.8 Å². The van der Waals surface area contributed by atoms with Crippen molar-refractivity contribution in [2.45, 2.75) is 90.3 Å². The lowest BCUT2D eigenvalue weighted by Crippen LogP contribution is -2.27. The first kappa shape index (κ1) is 29.3. The number of aromatic nitrogens is 3. The predicted octanol–water partition coefficient (Wildman–Crippen LogP) is 6.29. The number of halogens is 3. The number of rotatable bonds is 13. The molecule has 206 valence electrons. The van der Waals surface area contributed by atoms with E-state index in [1.807, 2.05) is 23.4 Å². The molecule has 0 fully saturated rings. The maximum absolute atomic E-state index is 13.3. The maximum Gasteiger partial charge on any atom is 0.422 e. The molecule has 9 heteroatoms.